The molecule has 8 heteroatoms. The lowest BCUT2D eigenvalue weighted by atomic mass is 9.92. The van der Waals surface area contributed by atoms with Crippen LogP contribution in [0.1, 0.15) is 6.92 Å². The number of cyclic esters (lactones) is 1. The summed E-state index contributed by atoms with van der Waals surface area (Å²) in [6.07, 6.45) is -8.36. The molecule has 2 saturated heterocycles. The fourth-order valence-electron chi connectivity index (χ4n) is 2.06. The van der Waals surface area contributed by atoms with Gasteiger partial charge in [-0.2, -0.15) is 0 Å². The number of rotatable bonds is 1. The zero-order valence-electron chi connectivity index (χ0n) is 9.89. The second-order valence-electron chi connectivity index (χ2n) is 4.48. The highest BCUT2D eigenvalue weighted by Crippen LogP contribution is 2.27. The SMILES string of the molecule is CC1OC(C2OC(=O)N(C)C2=O)C(O)C(O)C1O. The Bertz CT molecular complexity index is 373. The molecule has 0 spiro atoms. The van der Waals surface area contributed by atoms with Crippen LogP contribution in [-0.2, 0) is 14.3 Å². The highest BCUT2D eigenvalue weighted by molar-refractivity contribution is 6.00. The molecule has 8 nitrogen and oxygen atoms in total. The first kappa shape index (κ1) is 13.2. The number of carbonyl (C=O) groups is 2. The molecule has 0 aromatic rings. The Morgan fingerprint density at radius 1 is 1.11 bits per heavy atom. The Labute approximate surface area is 103 Å². The first-order valence-electron chi connectivity index (χ1n) is 5.52. The minimum atomic E-state index is -1.51. The predicted molar refractivity (Wildman–Crippen MR) is 55.4 cm³/mol. The predicted octanol–water partition coefficient (Wildman–Crippen LogP) is -2.17. The summed E-state index contributed by atoms with van der Waals surface area (Å²) < 4.78 is 10.0. The van der Waals surface area contributed by atoms with Crippen LogP contribution in [0.15, 0.2) is 0 Å². The lowest BCUT2D eigenvalue weighted by molar-refractivity contribution is -0.233. The highest BCUT2D eigenvalue weighted by atomic mass is 16.6. The van der Waals surface area contributed by atoms with E-state index < -0.39 is 48.6 Å². The summed E-state index contributed by atoms with van der Waals surface area (Å²) in [4.78, 5) is 23.7. The molecule has 6 atom stereocenters. The first-order chi connectivity index (χ1) is 8.34. The number of ether oxygens (including phenoxy) is 2. The second kappa shape index (κ2) is 4.47. The second-order valence-corrected chi connectivity index (χ2v) is 4.48. The summed E-state index contributed by atoms with van der Waals surface area (Å²) in [7, 11) is 1.24. The minimum absolute atomic E-state index is 0.653. The molecule has 2 aliphatic rings. The fraction of sp³-hybridized carbons (Fsp3) is 0.800. The Balaban J connectivity index is 2.18. The largest absolute Gasteiger partial charge is 0.433 e. The van der Waals surface area contributed by atoms with E-state index in [-0.39, 0.29) is 0 Å². The van der Waals surface area contributed by atoms with E-state index in [9.17, 15) is 24.9 Å². The number of imide groups is 1. The summed E-state index contributed by atoms with van der Waals surface area (Å²) in [5.41, 5.74) is 0. The maximum Gasteiger partial charge on any atom is 0.417 e. The number of aliphatic hydroxyl groups is 3. The van der Waals surface area contributed by atoms with E-state index in [1.807, 2.05) is 0 Å². The number of hydrogen-bond acceptors (Lipinski definition) is 7. The molecule has 0 bridgehead atoms. The Morgan fingerprint density at radius 2 is 1.72 bits per heavy atom. The number of aliphatic hydroxyl groups excluding tert-OH is 3. The van der Waals surface area contributed by atoms with E-state index in [0.29, 0.717) is 0 Å². The van der Waals surface area contributed by atoms with Gasteiger partial charge in [0.25, 0.3) is 5.91 Å². The van der Waals surface area contributed by atoms with Gasteiger partial charge in [-0.05, 0) is 6.92 Å². The maximum atomic E-state index is 11.7. The molecule has 2 aliphatic heterocycles. The van der Waals surface area contributed by atoms with E-state index >= 15 is 0 Å². The maximum absolute atomic E-state index is 11.7. The third kappa shape index (κ3) is 1.87. The van der Waals surface area contributed by atoms with Crippen LogP contribution in [0.25, 0.3) is 0 Å². The van der Waals surface area contributed by atoms with Crippen molar-refractivity contribution in [2.45, 2.75) is 43.5 Å². The number of amides is 2. The zero-order chi connectivity index (χ0) is 13.6. The van der Waals surface area contributed by atoms with Crippen molar-refractivity contribution in [1.82, 2.24) is 4.90 Å². The number of nitrogens with zero attached hydrogens (tertiary/aromatic N) is 1. The lowest BCUT2D eigenvalue weighted by Gasteiger charge is -2.40. The van der Waals surface area contributed by atoms with Crippen molar-refractivity contribution < 1.29 is 34.4 Å². The van der Waals surface area contributed by atoms with Gasteiger partial charge in [0.05, 0.1) is 6.10 Å². The Kier molecular flexibility index (Phi) is 3.28. The van der Waals surface area contributed by atoms with E-state index in [1.165, 1.54) is 14.0 Å². The van der Waals surface area contributed by atoms with Crippen LogP contribution in [0, 0.1) is 0 Å². The molecule has 2 fully saturated rings. The van der Waals surface area contributed by atoms with Crippen molar-refractivity contribution in [2.75, 3.05) is 7.05 Å². The van der Waals surface area contributed by atoms with Crippen LogP contribution in [0.5, 0.6) is 0 Å². The molecule has 2 rings (SSSR count). The molecule has 0 saturated carbocycles. The molecule has 0 radical (unpaired) electrons. The van der Waals surface area contributed by atoms with Crippen LogP contribution in [0.3, 0.4) is 0 Å². The Morgan fingerprint density at radius 3 is 2.22 bits per heavy atom. The van der Waals surface area contributed by atoms with Crippen LogP contribution >= 0.6 is 0 Å². The van der Waals surface area contributed by atoms with Gasteiger partial charge < -0.3 is 24.8 Å². The number of likely N-dealkylation sites (N-methyl/N-ethyl adjacent to an activating group) is 1. The van der Waals surface area contributed by atoms with Gasteiger partial charge in [-0.3, -0.25) is 4.79 Å². The lowest BCUT2D eigenvalue weighted by Crippen LogP contribution is -2.61. The van der Waals surface area contributed by atoms with Crippen LogP contribution in [0.2, 0.25) is 0 Å². The van der Waals surface area contributed by atoms with Gasteiger partial charge in [-0.25, -0.2) is 9.69 Å². The highest BCUT2D eigenvalue weighted by Gasteiger charge is 2.52. The van der Waals surface area contributed by atoms with Gasteiger partial charge >= 0.3 is 6.09 Å². The average molecular weight is 261 g/mol. The molecule has 6 unspecified atom stereocenters. The summed E-state index contributed by atoms with van der Waals surface area (Å²) >= 11 is 0. The standard InChI is InChI=1S/C10H15NO7/c1-3-4(12)5(13)6(14)7(17-3)8-9(15)11(2)10(16)18-8/h3-8,12-14H,1-2H3. The van der Waals surface area contributed by atoms with E-state index in [1.54, 1.807) is 0 Å². The molecule has 0 aromatic carbocycles. The normalized spacial score (nSPS) is 45.3. The van der Waals surface area contributed by atoms with Gasteiger partial charge in [-0.1, -0.05) is 0 Å². The van der Waals surface area contributed by atoms with Crippen LogP contribution in [-0.4, -0.2) is 75.9 Å². The molecule has 0 aromatic heterocycles. The number of hydrogen-bond donors (Lipinski definition) is 3. The van der Waals surface area contributed by atoms with Crippen molar-refractivity contribution in [3.05, 3.63) is 0 Å². The third-order valence-corrected chi connectivity index (χ3v) is 3.26. The topological polar surface area (TPSA) is 117 Å². The van der Waals surface area contributed by atoms with E-state index in [4.69, 9.17) is 9.47 Å². The summed E-state index contributed by atoms with van der Waals surface area (Å²) in [5.74, 6) is -0.653. The molecular weight excluding hydrogens is 246 g/mol. The summed E-state index contributed by atoms with van der Waals surface area (Å²) in [6, 6.07) is 0. The molecule has 2 amide bonds. The van der Waals surface area contributed by atoms with Gasteiger partial charge in [0.1, 0.15) is 24.4 Å². The van der Waals surface area contributed by atoms with Crippen LogP contribution < -0.4 is 0 Å². The fourth-order valence-corrected chi connectivity index (χ4v) is 2.06. The smallest absolute Gasteiger partial charge is 0.417 e. The van der Waals surface area contributed by atoms with Gasteiger partial charge in [0.15, 0.2) is 0 Å². The molecular formula is C10H15NO7. The van der Waals surface area contributed by atoms with Crippen molar-refractivity contribution in [2.24, 2.45) is 0 Å². The van der Waals surface area contributed by atoms with Crippen molar-refractivity contribution in [3.8, 4) is 0 Å². The Hall–Kier alpha value is -1.22. The quantitative estimate of drug-likeness (QED) is 0.492. The molecule has 2 heterocycles. The van der Waals surface area contributed by atoms with Gasteiger partial charge in [-0.15, -0.1) is 0 Å². The third-order valence-electron chi connectivity index (χ3n) is 3.26. The molecule has 102 valence electrons. The molecule has 0 aliphatic carbocycles. The van der Waals surface area contributed by atoms with Gasteiger partial charge in [0.2, 0.25) is 6.10 Å². The molecule has 3 N–H and O–H groups in total. The number of carbonyl (C=O) groups excluding carboxylic acids is 2. The summed E-state index contributed by atoms with van der Waals surface area (Å²) in [6.45, 7) is 1.48. The van der Waals surface area contributed by atoms with Crippen LogP contribution in [0.4, 0.5) is 4.79 Å². The van der Waals surface area contributed by atoms with Gasteiger partial charge in [0, 0.05) is 7.05 Å². The summed E-state index contributed by atoms with van der Waals surface area (Å²) in [5, 5.41) is 28.9. The monoisotopic (exact) mass is 261 g/mol. The first-order valence-corrected chi connectivity index (χ1v) is 5.52. The van der Waals surface area contributed by atoms with Crippen molar-refractivity contribution >= 4 is 12.0 Å². The zero-order valence-corrected chi connectivity index (χ0v) is 9.89. The average Bonchev–Trinajstić information content (AvgIpc) is 2.59. The van der Waals surface area contributed by atoms with Crippen molar-refractivity contribution in [1.29, 1.82) is 0 Å². The van der Waals surface area contributed by atoms with E-state index in [0.717, 1.165) is 4.90 Å². The van der Waals surface area contributed by atoms with E-state index in [2.05, 4.69) is 0 Å². The van der Waals surface area contributed by atoms with Crippen molar-refractivity contribution in [3.63, 3.8) is 0 Å². The minimum Gasteiger partial charge on any atom is -0.433 e. The molecule has 18 heavy (non-hydrogen) atoms.